The molecule has 22 heavy (non-hydrogen) atoms. The van der Waals surface area contributed by atoms with Crippen molar-refractivity contribution in [2.24, 2.45) is 0 Å². The molecule has 1 atom stereocenters. The van der Waals surface area contributed by atoms with Crippen molar-refractivity contribution in [2.45, 2.75) is 57.9 Å². The zero-order valence-corrected chi connectivity index (χ0v) is 14.6. The lowest BCUT2D eigenvalue weighted by atomic mass is 9.99. The molecular formula is C19H31N2O+. The van der Waals surface area contributed by atoms with Gasteiger partial charge in [0.2, 0.25) is 0 Å². The number of benzene rings is 1. The number of hydrogen-bond acceptors (Lipinski definition) is 1. The molecule has 1 amide bonds. The van der Waals surface area contributed by atoms with Gasteiger partial charge in [0.15, 0.2) is 6.54 Å². The number of carbonyl (C=O) groups excluding carboxylic acids is 1. The molecule has 3 heteroatoms. The minimum Gasteiger partial charge on any atom is -0.321 e. The molecule has 0 saturated heterocycles. The standard InChI is InChI=1S/C19H30N2O/c1-5-15(2)16-10-12-17(13-11-16)20-19(22)14-21(3,4)18-8-6-7-9-18/h10-13,15,18H,5-9,14H2,1-4H3/p+1/t15-/m1/s1. The van der Waals surface area contributed by atoms with Crippen LogP contribution in [-0.2, 0) is 4.79 Å². The Labute approximate surface area is 135 Å². The number of rotatable bonds is 6. The summed E-state index contributed by atoms with van der Waals surface area (Å²) in [5, 5.41) is 3.05. The second kappa shape index (κ2) is 7.28. The van der Waals surface area contributed by atoms with Crippen LogP contribution in [0.15, 0.2) is 24.3 Å². The smallest absolute Gasteiger partial charge is 0.279 e. The van der Waals surface area contributed by atoms with Crippen LogP contribution in [0, 0.1) is 0 Å². The van der Waals surface area contributed by atoms with Gasteiger partial charge >= 0.3 is 0 Å². The molecule has 1 aliphatic carbocycles. The fourth-order valence-electron chi connectivity index (χ4n) is 3.43. The number of quaternary nitrogens is 1. The summed E-state index contributed by atoms with van der Waals surface area (Å²) in [4.78, 5) is 12.3. The Morgan fingerprint density at radius 2 is 1.82 bits per heavy atom. The van der Waals surface area contributed by atoms with Crippen LogP contribution in [0.4, 0.5) is 5.69 Å². The number of nitrogens with one attached hydrogen (secondary N) is 1. The molecule has 122 valence electrons. The van der Waals surface area contributed by atoms with E-state index in [4.69, 9.17) is 0 Å². The highest BCUT2D eigenvalue weighted by molar-refractivity contribution is 5.91. The third-order valence-corrected chi connectivity index (χ3v) is 5.24. The molecule has 1 aromatic carbocycles. The van der Waals surface area contributed by atoms with E-state index in [2.05, 4.69) is 45.4 Å². The number of amides is 1. The van der Waals surface area contributed by atoms with Gasteiger partial charge in [-0.25, -0.2) is 0 Å². The van der Waals surface area contributed by atoms with E-state index in [1.54, 1.807) is 0 Å². The van der Waals surface area contributed by atoms with Gasteiger partial charge in [0.25, 0.3) is 5.91 Å². The van der Waals surface area contributed by atoms with E-state index in [9.17, 15) is 4.79 Å². The number of carbonyl (C=O) groups is 1. The molecule has 0 heterocycles. The SMILES string of the molecule is CC[C@@H](C)c1ccc(NC(=O)C[N+](C)(C)C2CCCC2)cc1. The van der Waals surface area contributed by atoms with Crippen LogP contribution in [-0.4, -0.2) is 37.1 Å². The summed E-state index contributed by atoms with van der Waals surface area (Å²) < 4.78 is 0.802. The molecule has 0 radical (unpaired) electrons. The summed E-state index contributed by atoms with van der Waals surface area (Å²) in [6, 6.07) is 8.93. The summed E-state index contributed by atoms with van der Waals surface area (Å²) in [5.74, 6) is 0.691. The molecule has 1 fully saturated rings. The zero-order valence-electron chi connectivity index (χ0n) is 14.6. The highest BCUT2D eigenvalue weighted by Gasteiger charge is 2.32. The number of likely N-dealkylation sites (N-methyl/N-ethyl adjacent to an activating group) is 1. The quantitative estimate of drug-likeness (QED) is 0.786. The van der Waals surface area contributed by atoms with Crippen LogP contribution in [0.25, 0.3) is 0 Å². The molecule has 3 nitrogen and oxygen atoms in total. The Bertz CT molecular complexity index is 487. The van der Waals surface area contributed by atoms with Crippen LogP contribution in [0.5, 0.6) is 0 Å². The molecule has 2 rings (SSSR count). The van der Waals surface area contributed by atoms with Crippen molar-refractivity contribution >= 4 is 11.6 Å². The number of anilines is 1. The third-order valence-electron chi connectivity index (χ3n) is 5.24. The molecule has 1 saturated carbocycles. The van der Waals surface area contributed by atoms with Gasteiger partial charge in [-0.1, -0.05) is 26.0 Å². The Morgan fingerprint density at radius 1 is 1.23 bits per heavy atom. The van der Waals surface area contributed by atoms with Crippen molar-refractivity contribution in [2.75, 3.05) is 26.0 Å². The van der Waals surface area contributed by atoms with E-state index in [1.165, 1.54) is 31.2 Å². The van der Waals surface area contributed by atoms with Crippen molar-refractivity contribution in [1.29, 1.82) is 0 Å². The second-order valence-corrected chi connectivity index (χ2v) is 7.35. The molecule has 0 aliphatic heterocycles. The molecule has 1 aromatic rings. The monoisotopic (exact) mass is 303 g/mol. The first-order chi connectivity index (χ1) is 10.4. The van der Waals surface area contributed by atoms with Crippen LogP contribution in [0.2, 0.25) is 0 Å². The molecule has 0 aromatic heterocycles. The maximum Gasteiger partial charge on any atom is 0.279 e. The van der Waals surface area contributed by atoms with Gasteiger partial charge in [-0.2, -0.15) is 0 Å². The van der Waals surface area contributed by atoms with E-state index in [0.717, 1.165) is 16.6 Å². The molecule has 1 aliphatic rings. The van der Waals surface area contributed by atoms with Gasteiger partial charge in [-0.05, 0) is 55.7 Å². The maximum atomic E-state index is 12.3. The summed E-state index contributed by atoms with van der Waals surface area (Å²) in [6.07, 6.45) is 6.27. The van der Waals surface area contributed by atoms with Crippen molar-refractivity contribution in [1.82, 2.24) is 0 Å². The van der Waals surface area contributed by atoms with Crippen LogP contribution in [0.1, 0.15) is 57.4 Å². The van der Waals surface area contributed by atoms with Gasteiger partial charge in [0, 0.05) is 5.69 Å². The summed E-state index contributed by atoms with van der Waals surface area (Å²) in [5.41, 5.74) is 2.24. The zero-order chi connectivity index (χ0) is 16.2. The van der Waals surface area contributed by atoms with E-state index in [0.29, 0.717) is 18.5 Å². The van der Waals surface area contributed by atoms with Gasteiger partial charge in [0.1, 0.15) is 0 Å². The number of hydrogen-bond donors (Lipinski definition) is 1. The van der Waals surface area contributed by atoms with Gasteiger partial charge in [0.05, 0.1) is 20.1 Å². The fourth-order valence-corrected chi connectivity index (χ4v) is 3.43. The Balaban J connectivity index is 1.91. The average Bonchev–Trinajstić information content (AvgIpc) is 3.01. The normalized spacial score (nSPS) is 17.5. The van der Waals surface area contributed by atoms with Gasteiger partial charge in [-0.15, -0.1) is 0 Å². The lowest BCUT2D eigenvalue weighted by Crippen LogP contribution is -2.51. The number of nitrogens with zero attached hydrogens (tertiary/aromatic N) is 1. The Kier molecular flexibility index (Phi) is 5.63. The van der Waals surface area contributed by atoms with Crippen molar-refractivity contribution in [3.63, 3.8) is 0 Å². The largest absolute Gasteiger partial charge is 0.321 e. The first-order valence-electron chi connectivity index (χ1n) is 8.65. The van der Waals surface area contributed by atoms with Gasteiger partial charge < -0.3 is 9.80 Å². The Morgan fingerprint density at radius 3 is 2.36 bits per heavy atom. The molecule has 1 N–H and O–H groups in total. The predicted molar refractivity (Wildman–Crippen MR) is 93.0 cm³/mol. The average molecular weight is 303 g/mol. The van der Waals surface area contributed by atoms with Crippen molar-refractivity contribution in [3.8, 4) is 0 Å². The fraction of sp³-hybridized carbons (Fsp3) is 0.632. The van der Waals surface area contributed by atoms with Gasteiger partial charge in [-0.3, -0.25) is 4.79 Å². The molecule has 0 spiro atoms. The lowest BCUT2D eigenvalue weighted by Gasteiger charge is -2.35. The van der Waals surface area contributed by atoms with Crippen LogP contribution >= 0.6 is 0 Å². The minimum atomic E-state index is 0.119. The highest BCUT2D eigenvalue weighted by atomic mass is 16.2. The molecular weight excluding hydrogens is 272 g/mol. The summed E-state index contributed by atoms with van der Waals surface area (Å²) >= 11 is 0. The maximum absolute atomic E-state index is 12.3. The van der Waals surface area contributed by atoms with Crippen LogP contribution < -0.4 is 5.32 Å². The highest BCUT2D eigenvalue weighted by Crippen LogP contribution is 2.26. The summed E-state index contributed by atoms with van der Waals surface area (Å²) in [7, 11) is 4.36. The van der Waals surface area contributed by atoms with E-state index in [1.807, 2.05) is 12.1 Å². The summed E-state index contributed by atoms with van der Waals surface area (Å²) in [6.45, 7) is 4.98. The van der Waals surface area contributed by atoms with Crippen molar-refractivity contribution < 1.29 is 9.28 Å². The lowest BCUT2D eigenvalue weighted by molar-refractivity contribution is -0.906. The van der Waals surface area contributed by atoms with E-state index in [-0.39, 0.29) is 5.91 Å². The van der Waals surface area contributed by atoms with E-state index >= 15 is 0 Å². The Hall–Kier alpha value is -1.35. The van der Waals surface area contributed by atoms with Crippen LogP contribution in [0.3, 0.4) is 0 Å². The second-order valence-electron chi connectivity index (χ2n) is 7.35. The molecule has 0 unspecified atom stereocenters. The topological polar surface area (TPSA) is 29.1 Å². The van der Waals surface area contributed by atoms with Crippen molar-refractivity contribution in [3.05, 3.63) is 29.8 Å². The third kappa shape index (κ3) is 4.33. The first-order valence-corrected chi connectivity index (χ1v) is 8.65. The molecule has 0 bridgehead atoms. The minimum absolute atomic E-state index is 0.119. The van der Waals surface area contributed by atoms with E-state index < -0.39 is 0 Å². The predicted octanol–water partition coefficient (Wildman–Crippen LogP) is 4.16. The first kappa shape index (κ1) is 17.0.